The number of aliphatic hydroxyl groups is 1. The maximum atomic E-state index is 8.52. The van der Waals surface area contributed by atoms with Gasteiger partial charge < -0.3 is 24.1 Å². The smallest absolute Gasteiger partial charge is 0.157 e. The van der Waals surface area contributed by atoms with Gasteiger partial charge in [-0.25, -0.2) is 0 Å². The standard InChI is InChI=1S/C12H24O5/c13-5-3-6-14-8-9-15-10-11-17-12-4-1-2-7-16-12/h12-13H,1-11H2. The van der Waals surface area contributed by atoms with E-state index in [2.05, 4.69) is 0 Å². The van der Waals surface area contributed by atoms with Crippen LogP contribution in [0.2, 0.25) is 0 Å². The van der Waals surface area contributed by atoms with Crippen LogP contribution in [0.4, 0.5) is 0 Å². The minimum atomic E-state index is -0.0341. The van der Waals surface area contributed by atoms with E-state index in [1.807, 2.05) is 0 Å². The van der Waals surface area contributed by atoms with E-state index in [0.717, 1.165) is 19.4 Å². The summed E-state index contributed by atoms with van der Waals surface area (Å²) < 4.78 is 21.5. The minimum absolute atomic E-state index is 0.0341. The molecule has 1 N–H and O–H groups in total. The van der Waals surface area contributed by atoms with Gasteiger partial charge in [-0.05, 0) is 25.7 Å². The van der Waals surface area contributed by atoms with E-state index in [-0.39, 0.29) is 12.9 Å². The number of ether oxygens (including phenoxy) is 4. The van der Waals surface area contributed by atoms with Crippen molar-refractivity contribution in [1.29, 1.82) is 0 Å². The molecule has 1 rings (SSSR count). The van der Waals surface area contributed by atoms with Crippen molar-refractivity contribution in [3.05, 3.63) is 0 Å². The summed E-state index contributed by atoms with van der Waals surface area (Å²) in [4.78, 5) is 0. The van der Waals surface area contributed by atoms with E-state index in [1.165, 1.54) is 6.42 Å². The fraction of sp³-hybridized carbons (Fsp3) is 1.00. The van der Waals surface area contributed by atoms with Gasteiger partial charge in [0.1, 0.15) is 0 Å². The summed E-state index contributed by atoms with van der Waals surface area (Å²) in [7, 11) is 0. The van der Waals surface area contributed by atoms with Crippen molar-refractivity contribution < 1.29 is 24.1 Å². The first kappa shape index (κ1) is 14.9. The first-order chi connectivity index (χ1) is 8.43. The highest BCUT2D eigenvalue weighted by atomic mass is 16.7. The number of hydrogen-bond acceptors (Lipinski definition) is 5. The molecule has 17 heavy (non-hydrogen) atoms. The zero-order chi connectivity index (χ0) is 12.2. The SMILES string of the molecule is OCCCOCCOCCOC1CCCCO1. The summed E-state index contributed by atoms with van der Waals surface area (Å²) in [6.07, 6.45) is 3.96. The van der Waals surface area contributed by atoms with Gasteiger partial charge in [0.25, 0.3) is 0 Å². The molecule has 0 aromatic carbocycles. The average molecular weight is 248 g/mol. The zero-order valence-electron chi connectivity index (χ0n) is 10.4. The van der Waals surface area contributed by atoms with Gasteiger partial charge in [-0.1, -0.05) is 0 Å². The van der Waals surface area contributed by atoms with Crippen LogP contribution in [-0.2, 0) is 18.9 Å². The predicted octanol–water partition coefficient (Wildman–Crippen LogP) is 0.945. The van der Waals surface area contributed by atoms with Gasteiger partial charge in [-0.2, -0.15) is 0 Å². The first-order valence-electron chi connectivity index (χ1n) is 6.43. The molecule has 0 saturated carbocycles. The van der Waals surface area contributed by atoms with E-state index in [0.29, 0.717) is 39.5 Å². The Kier molecular flexibility index (Phi) is 9.55. The normalized spacial score (nSPS) is 20.6. The highest BCUT2D eigenvalue weighted by Crippen LogP contribution is 2.13. The molecular weight excluding hydrogens is 224 g/mol. The fourth-order valence-electron chi connectivity index (χ4n) is 1.57. The van der Waals surface area contributed by atoms with Crippen LogP contribution in [0, 0.1) is 0 Å². The fourth-order valence-corrected chi connectivity index (χ4v) is 1.57. The largest absolute Gasteiger partial charge is 0.396 e. The Labute approximate surface area is 103 Å². The second kappa shape index (κ2) is 10.9. The topological polar surface area (TPSA) is 57.2 Å². The summed E-state index contributed by atoms with van der Waals surface area (Å²) >= 11 is 0. The van der Waals surface area contributed by atoms with Crippen LogP contribution in [0.15, 0.2) is 0 Å². The van der Waals surface area contributed by atoms with Crippen LogP contribution in [0.1, 0.15) is 25.7 Å². The molecular formula is C12H24O5. The van der Waals surface area contributed by atoms with Crippen molar-refractivity contribution in [2.45, 2.75) is 32.0 Å². The maximum Gasteiger partial charge on any atom is 0.157 e. The lowest BCUT2D eigenvalue weighted by Gasteiger charge is -2.22. The van der Waals surface area contributed by atoms with Gasteiger partial charge in [0.2, 0.25) is 0 Å². The first-order valence-corrected chi connectivity index (χ1v) is 6.43. The van der Waals surface area contributed by atoms with Crippen LogP contribution in [0.3, 0.4) is 0 Å². The minimum Gasteiger partial charge on any atom is -0.396 e. The third-order valence-corrected chi connectivity index (χ3v) is 2.49. The van der Waals surface area contributed by atoms with E-state index >= 15 is 0 Å². The van der Waals surface area contributed by atoms with Crippen LogP contribution >= 0.6 is 0 Å². The van der Waals surface area contributed by atoms with Crippen LogP contribution in [0.5, 0.6) is 0 Å². The van der Waals surface area contributed by atoms with E-state index in [4.69, 9.17) is 24.1 Å². The van der Waals surface area contributed by atoms with Gasteiger partial charge in [0.05, 0.1) is 26.4 Å². The molecule has 1 fully saturated rings. The number of rotatable bonds is 10. The molecule has 0 spiro atoms. The van der Waals surface area contributed by atoms with Crippen molar-refractivity contribution in [3.8, 4) is 0 Å². The molecule has 1 heterocycles. The number of aliphatic hydroxyl groups excluding tert-OH is 1. The van der Waals surface area contributed by atoms with Crippen molar-refractivity contribution >= 4 is 0 Å². The molecule has 1 saturated heterocycles. The molecule has 0 bridgehead atoms. The van der Waals surface area contributed by atoms with Gasteiger partial charge in [-0.15, -0.1) is 0 Å². The summed E-state index contributed by atoms with van der Waals surface area (Å²) in [5.41, 5.74) is 0. The second-order valence-corrected chi connectivity index (χ2v) is 3.97. The monoisotopic (exact) mass is 248 g/mol. The van der Waals surface area contributed by atoms with Gasteiger partial charge in [0.15, 0.2) is 6.29 Å². The molecule has 1 atom stereocenters. The lowest BCUT2D eigenvalue weighted by atomic mass is 10.2. The molecule has 0 aromatic rings. The quantitative estimate of drug-likeness (QED) is 0.583. The van der Waals surface area contributed by atoms with E-state index in [9.17, 15) is 0 Å². The van der Waals surface area contributed by atoms with Gasteiger partial charge in [-0.3, -0.25) is 0 Å². The third-order valence-electron chi connectivity index (χ3n) is 2.49. The van der Waals surface area contributed by atoms with Crippen molar-refractivity contribution in [2.75, 3.05) is 46.2 Å². The summed E-state index contributed by atoms with van der Waals surface area (Å²) in [6.45, 7) is 3.86. The highest BCUT2D eigenvalue weighted by molar-refractivity contribution is 4.53. The molecule has 0 aromatic heterocycles. The molecule has 1 unspecified atom stereocenters. The van der Waals surface area contributed by atoms with E-state index < -0.39 is 0 Å². The molecule has 0 radical (unpaired) electrons. The lowest BCUT2D eigenvalue weighted by Crippen LogP contribution is -2.24. The van der Waals surface area contributed by atoms with Crippen molar-refractivity contribution in [3.63, 3.8) is 0 Å². The third kappa shape index (κ3) is 8.51. The summed E-state index contributed by atoms with van der Waals surface area (Å²) in [5, 5.41) is 8.52. The average Bonchev–Trinajstić information content (AvgIpc) is 2.38. The van der Waals surface area contributed by atoms with Crippen molar-refractivity contribution in [2.24, 2.45) is 0 Å². The van der Waals surface area contributed by atoms with Crippen molar-refractivity contribution in [1.82, 2.24) is 0 Å². The molecule has 1 aliphatic rings. The van der Waals surface area contributed by atoms with E-state index in [1.54, 1.807) is 0 Å². The second-order valence-electron chi connectivity index (χ2n) is 3.97. The van der Waals surface area contributed by atoms with Crippen LogP contribution in [-0.4, -0.2) is 57.6 Å². The predicted molar refractivity (Wildman–Crippen MR) is 62.9 cm³/mol. The highest BCUT2D eigenvalue weighted by Gasteiger charge is 2.13. The Morgan fingerprint density at radius 2 is 1.76 bits per heavy atom. The molecule has 5 nitrogen and oxygen atoms in total. The molecule has 102 valence electrons. The molecule has 5 heteroatoms. The summed E-state index contributed by atoms with van der Waals surface area (Å²) in [6, 6.07) is 0. The van der Waals surface area contributed by atoms with Gasteiger partial charge >= 0.3 is 0 Å². The van der Waals surface area contributed by atoms with Gasteiger partial charge in [0, 0.05) is 19.8 Å². The summed E-state index contributed by atoms with van der Waals surface area (Å²) in [5.74, 6) is 0. The number of hydrogen-bond donors (Lipinski definition) is 1. The van der Waals surface area contributed by atoms with Crippen LogP contribution < -0.4 is 0 Å². The lowest BCUT2D eigenvalue weighted by molar-refractivity contribution is -0.169. The Bertz CT molecular complexity index is 159. The molecule has 0 aliphatic carbocycles. The maximum absolute atomic E-state index is 8.52. The van der Waals surface area contributed by atoms with Crippen LogP contribution in [0.25, 0.3) is 0 Å². The Balaban J connectivity index is 1.75. The Hall–Kier alpha value is -0.200. The molecule has 1 aliphatic heterocycles. The molecule has 0 amide bonds. The Morgan fingerprint density at radius 3 is 2.47 bits per heavy atom. The zero-order valence-corrected chi connectivity index (χ0v) is 10.4. The Morgan fingerprint density at radius 1 is 1.00 bits per heavy atom.